The molecule has 12 rings (SSSR count). The van der Waals surface area contributed by atoms with Crippen LogP contribution in [-0.4, -0.2) is 20.0 Å². The maximum Gasteiger partial charge on any atom is 0.227 e. The van der Waals surface area contributed by atoms with Gasteiger partial charge in [-0.1, -0.05) is 84.9 Å². The Morgan fingerprint density at radius 2 is 1.08 bits per heavy atom. The molecule has 0 radical (unpaired) electrons. The molecule has 0 unspecified atom stereocenters. The van der Waals surface area contributed by atoms with E-state index in [0.717, 1.165) is 45.8 Å². The zero-order valence-corrected chi connectivity index (χ0v) is 27.9. The van der Waals surface area contributed by atoms with E-state index in [1.807, 2.05) is 0 Å². The van der Waals surface area contributed by atoms with Crippen LogP contribution in [0.2, 0.25) is 0 Å². The van der Waals surface area contributed by atoms with Crippen LogP contribution in [-0.2, 0) is 6.42 Å². The highest BCUT2D eigenvalue weighted by Crippen LogP contribution is 2.39. The monoisotopic (exact) mass is 664 g/mol. The van der Waals surface area contributed by atoms with Gasteiger partial charge in [-0.2, -0.15) is 0 Å². The molecular formula is C47H28N4O. The molecule has 8 aromatic carbocycles. The molecule has 0 amide bonds. The summed E-state index contributed by atoms with van der Waals surface area (Å²) in [5, 5.41) is 9.88. The van der Waals surface area contributed by atoms with Crippen molar-refractivity contribution < 1.29 is 4.42 Å². The van der Waals surface area contributed by atoms with Gasteiger partial charge in [0.1, 0.15) is 11.4 Å². The minimum atomic E-state index is 0.611. The van der Waals surface area contributed by atoms with Gasteiger partial charge >= 0.3 is 0 Å². The predicted octanol–water partition coefficient (Wildman–Crippen LogP) is 12.1. The van der Waals surface area contributed by atoms with Gasteiger partial charge in [-0.25, -0.2) is 9.98 Å². The average Bonchev–Trinajstić information content (AvgIpc) is 3.96. The fraction of sp³-hybridized carbons (Fsp3) is 0.0213. The van der Waals surface area contributed by atoms with E-state index in [2.05, 4.69) is 167 Å². The van der Waals surface area contributed by atoms with Crippen molar-refractivity contribution in [1.29, 1.82) is 0 Å². The molecule has 4 heterocycles. The van der Waals surface area contributed by atoms with Crippen LogP contribution in [0.5, 0.6) is 0 Å². The largest absolute Gasteiger partial charge is 0.436 e. The first-order valence-electron chi connectivity index (χ1n) is 17.7. The smallest absolute Gasteiger partial charge is 0.227 e. The summed E-state index contributed by atoms with van der Waals surface area (Å²) in [5.74, 6) is 1.63. The van der Waals surface area contributed by atoms with E-state index >= 15 is 0 Å². The van der Waals surface area contributed by atoms with Crippen molar-refractivity contribution >= 4 is 87.8 Å². The Morgan fingerprint density at radius 3 is 1.77 bits per heavy atom. The molecule has 3 aromatic heterocycles. The summed E-state index contributed by atoms with van der Waals surface area (Å²) in [7, 11) is 0. The van der Waals surface area contributed by atoms with Gasteiger partial charge in [-0.05, 0) is 93.8 Å². The molecule has 0 bridgehead atoms. The maximum atomic E-state index is 6.54. The summed E-state index contributed by atoms with van der Waals surface area (Å²) in [4.78, 5) is 10.1. The lowest BCUT2D eigenvalue weighted by molar-refractivity contribution is 0.619. The van der Waals surface area contributed by atoms with Crippen LogP contribution in [0.1, 0.15) is 5.56 Å². The molecule has 0 saturated heterocycles. The van der Waals surface area contributed by atoms with Crippen LogP contribution < -0.4 is 0 Å². The van der Waals surface area contributed by atoms with Crippen LogP contribution in [0.25, 0.3) is 93.4 Å². The number of para-hydroxylation sites is 2. The number of aliphatic imine (C=N–C) groups is 1. The summed E-state index contributed by atoms with van der Waals surface area (Å²) < 4.78 is 11.2. The molecule has 52 heavy (non-hydrogen) atoms. The second-order valence-corrected chi connectivity index (χ2v) is 13.9. The van der Waals surface area contributed by atoms with E-state index in [-0.39, 0.29) is 0 Å². The van der Waals surface area contributed by atoms with Gasteiger partial charge in [0, 0.05) is 39.6 Å². The number of aromatic nitrogens is 3. The first-order valence-corrected chi connectivity index (χ1v) is 17.7. The van der Waals surface area contributed by atoms with Gasteiger partial charge in [0.05, 0.1) is 33.4 Å². The lowest BCUT2D eigenvalue weighted by Gasteiger charge is -2.08. The van der Waals surface area contributed by atoms with E-state index in [1.54, 1.807) is 0 Å². The van der Waals surface area contributed by atoms with Crippen molar-refractivity contribution in [2.45, 2.75) is 6.42 Å². The number of hydrogen-bond donors (Lipinski definition) is 0. The van der Waals surface area contributed by atoms with E-state index < -0.39 is 0 Å². The number of benzene rings is 8. The van der Waals surface area contributed by atoms with Crippen LogP contribution >= 0.6 is 0 Å². The van der Waals surface area contributed by atoms with Gasteiger partial charge in [0.15, 0.2) is 5.58 Å². The third-order valence-electron chi connectivity index (χ3n) is 10.9. The van der Waals surface area contributed by atoms with Gasteiger partial charge < -0.3 is 8.98 Å². The SMILES string of the molecule is c1ccc2cc3c(cc2c1)c1ccccc1n3C1=Nc2ccc(-c3nc4ccc(-n5c6ccccc6c6cc7ccccc7cc65)cc4o3)cc2C1. The summed E-state index contributed by atoms with van der Waals surface area (Å²) in [6.45, 7) is 0. The fourth-order valence-electron chi connectivity index (χ4n) is 8.49. The van der Waals surface area contributed by atoms with Gasteiger partial charge in [-0.15, -0.1) is 0 Å². The van der Waals surface area contributed by atoms with Crippen molar-refractivity contribution in [1.82, 2.24) is 14.1 Å². The molecule has 0 fully saturated rings. The topological polar surface area (TPSA) is 48.2 Å². The molecule has 0 aliphatic carbocycles. The second-order valence-electron chi connectivity index (χ2n) is 13.9. The Balaban J connectivity index is 0.937. The molecule has 0 saturated carbocycles. The summed E-state index contributed by atoms with van der Waals surface area (Å²) in [5.41, 5.74) is 10.4. The average molecular weight is 665 g/mol. The summed E-state index contributed by atoms with van der Waals surface area (Å²) in [6, 6.07) is 56.3. The molecule has 0 spiro atoms. The lowest BCUT2D eigenvalue weighted by atomic mass is 10.1. The zero-order chi connectivity index (χ0) is 33.9. The summed E-state index contributed by atoms with van der Waals surface area (Å²) >= 11 is 0. The Labute approximate surface area is 297 Å². The highest BCUT2D eigenvalue weighted by Gasteiger charge is 2.23. The predicted molar refractivity (Wildman–Crippen MR) is 214 cm³/mol. The number of rotatable bonds is 2. The number of hydrogen-bond acceptors (Lipinski definition) is 3. The minimum Gasteiger partial charge on any atom is -0.436 e. The normalized spacial score (nSPS) is 13.0. The number of nitrogens with zero attached hydrogens (tertiary/aromatic N) is 4. The van der Waals surface area contributed by atoms with Crippen molar-refractivity contribution in [3.05, 3.63) is 163 Å². The Morgan fingerprint density at radius 1 is 0.481 bits per heavy atom. The van der Waals surface area contributed by atoms with Crippen molar-refractivity contribution in [2.24, 2.45) is 4.99 Å². The molecule has 5 heteroatoms. The van der Waals surface area contributed by atoms with Crippen molar-refractivity contribution in [2.75, 3.05) is 0 Å². The summed E-state index contributed by atoms with van der Waals surface area (Å²) in [6.07, 6.45) is 0.719. The standard InChI is InChI=1S/C47H28N4O/c1-3-11-30-24-43-37(22-28(30)9-1)35-13-5-7-15-41(35)50(43)34-18-20-40-45(27-34)52-47(49-40)32-17-19-39-33(21-32)26-46(48-39)51-42-16-8-6-14-36(42)38-23-29-10-2-4-12-31(29)25-44(38)51/h1-25,27H,26H2. The fourth-order valence-corrected chi connectivity index (χ4v) is 8.49. The molecular weight excluding hydrogens is 637 g/mol. The van der Waals surface area contributed by atoms with E-state index in [1.165, 1.54) is 65.2 Å². The van der Waals surface area contributed by atoms with Crippen molar-refractivity contribution in [3.8, 4) is 17.1 Å². The molecule has 0 N–H and O–H groups in total. The minimum absolute atomic E-state index is 0.611. The number of fused-ring (bicyclic) bond motifs is 10. The third-order valence-corrected chi connectivity index (χ3v) is 10.9. The first-order chi connectivity index (χ1) is 25.7. The highest BCUT2D eigenvalue weighted by atomic mass is 16.3. The first kappa shape index (κ1) is 27.8. The quantitative estimate of drug-likeness (QED) is 0.185. The van der Waals surface area contributed by atoms with Crippen LogP contribution in [0.4, 0.5) is 5.69 Å². The van der Waals surface area contributed by atoms with Gasteiger partial charge in [0.25, 0.3) is 0 Å². The van der Waals surface area contributed by atoms with Crippen LogP contribution in [0, 0.1) is 0 Å². The Kier molecular flexibility index (Phi) is 5.50. The molecule has 1 aliphatic rings. The Bertz CT molecular complexity index is 3340. The maximum absolute atomic E-state index is 6.54. The van der Waals surface area contributed by atoms with Gasteiger partial charge in [0.2, 0.25) is 5.89 Å². The molecule has 1 aliphatic heterocycles. The number of oxazole rings is 1. The highest BCUT2D eigenvalue weighted by molar-refractivity contribution is 6.18. The van der Waals surface area contributed by atoms with Crippen LogP contribution in [0.3, 0.4) is 0 Å². The third kappa shape index (κ3) is 3.93. The molecule has 242 valence electrons. The Hall–Kier alpha value is -6.98. The van der Waals surface area contributed by atoms with Crippen LogP contribution in [0.15, 0.2) is 167 Å². The van der Waals surface area contributed by atoms with Crippen molar-refractivity contribution in [3.63, 3.8) is 0 Å². The molecule has 5 nitrogen and oxygen atoms in total. The second kappa shape index (κ2) is 10.3. The zero-order valence-electron chi connectivity index (χ0n) is 27.9. The van der Waals surface area contributed by atoms with E-state index in [0.29, 0.717) is 5.89 Å². The molecule has 0 atom stereocenters. The van der Waals surface area contributed by atoms with E-state index in [4.69, 9.17) is 14.4 Å². The van der Waals surface area contributed by atoms with E-state index in [9.17, 15) is 0 Å². The lowest BCUT2D eigenvalue weighted by Crippen LogP contribution is -2.11. The van der Waals surface area contributed by atoms with Gasteiger partial charge in [-0.3, -0.25) is 4.57 Å². The molecule has 11 aromatic rings.